The molecular weight excluding hydrogens is 522 g/mol. The predicted octanol–water partition coefficient (Wildman–Crippen LogP) is 6.38. The maximum atomic E-state index is 3.98. The Morgan fingerprint density at radius 3 is 1.69 bits per heavy atom. The Bertz CT molecular complexity index is 833. The normalized spacial score (nSPS) is 23.0. The molecule has 2 fully saturated rings. The molecule has 0 spiro atoms. The molecule has 4 unspecified atom stereocenters. The number of hydrogen-bond donors (Lipinski definition) is 2. The molecule has 4 atom stereocenters. The van der Waals surface area contributed by atoms with Crippen LogP contribution in [0.25, 0.3) is 0 Å². The van der Waals surface area contributed by atoms with E-state index in [2.05, 4.69) is 75.6 Å². The van der Waals surface area contributed by atoms with E-state index in [0.717, 1.165) is 19.3 Å². The zero-order valence-corrected chi connectivity index (χ0v) is 27.4. The van der Waals surface area contributed by atoms with Crippen LogP contribution in [0, 0.1) is 0 Å². The van der Waals surface area contributed by atoms with Crippen LogP contribution in [-0.4, -0.2) is 33.2 Å². The third-order valence-corrected chi connectivity index (χ3v) is 11.2. The van der Waals surface area contributed by atoms with Gasteiger partial charge < -0.3 is 41.0 Å². The van der Waals surface area contributed by atoms with Crippen LogP contribution in [0.2, 0.25) is 19.6 Å². The van der Waals surface area contributed by atoms with Gasteiger partial charge in [-0.15, -0.1) is 29.6 Å². The van der Waals surface area contributed by atoms with Crippen molar-refractivity contribution in [1.29, 1.82) is 0 Å². The largest absolute Gasteiger partial charge is 0.748 e. The van der Waals surface area contributed by atoms with Crippen LogP contribution in [0.5, 0.6) is 0 Å². The van der Waals surface area contributed by atoms with Crippen LogP contribution in [0.1, 0.15) is 76.0 Å². The minimum absolute atomic E-state index is 0. The molecule has 35 heavy (non-hydrogen) atoms. The van der Waals surface area contributed by atoms with Crippen molar-refractivity contribution in [2.75, 3.05) is 13.1 Å². The monoisotopic (exact) mass is 572 g/mol. The van der Waals surface area contributed by atoms with Crippen LogP contribution < -0.4 is 15.8 Å². The Kier molecular flexibility index (Phi) is 12.0. The van der Waals surface area contributed by atoms with E-state index in [1.807, 2.05) is 30.3 Å². The number of rotatable bonds is 5. The molecule has 0 aromatic heterocycles. The second-order valence-electron chi connectivity index (χ2n) is 12.4. The van der Waals surface area contributed by atoms with Crippen LogP contribution in [0.3, 0.4) is 0 Å². The molecule has 0 saturated carbocycles. The van der Waals surface area contributed by atoms with E-state index in [-0.39, 0.29) is 27.6 Å². The van der Waals surface area contributed by atoms with Crippen molar-refractivity contribution in [3.05, 3.63) is 53.1 Å². The quantitative estimate of drug-likeness (QED) is 0.247. The molecule has 2 aliphatic heterocycles. The molecule has 4 rings (SSSR count). The Hall–Kier alpha value is 0.216. The molecule has 2 N–H and O–H groups in total. The van der Waals surface area contributed by atoms with Crippen LogP contribution >= 0.6 is 18.5 Å². The van der Waals surface area contributed by atoms with E-state index < -0.39 is 8.07 Å². The van der Waals surface area contributed by atoms with Crippen molar-refractivity contribution >= 4 is 31.7 Å². The van der Waals surface area contributed by atoms with Crippen molar-refractivity contribution in [2.45, 2.75) is 108 Å². The van der Waals surface area contributed by atoms with Gasteiger partial charge in [0.05, 0.1) is 8.07 Å². The van der Waals surface area contributed by atoms with Crippen molar-refractivity contribution in [2.24, 2.45) is 0 Å². The molecule has 0 bridgehead atoms. The zero-order valence-electron chi connectivity index (χ0n) is 23.0. The summed E-state index contributed by atoms with van der Waals surface area (Å²) >= 11 is 0. The van der Waals surface area contributed by atoms with Gasteiger partial charge in [0, 0.05) is 34.3 Å². The predicted molar refractivity (Wildman–Crippen MR) is 162 cm³/mol. The summed E-state index contributed by atoms with van der Waals surface area (Å²) in [7, 11) is 5.05. The molecule has 0 amide bonds. The van der Waals surface area contributed by atoms with E-state index in [4.69, 9.17) is 0 Å². The molecule has 2 aliphatic rings. The molecule has 2 heterocycles. The van der Waals surface area contributed by atoms with Crippen LogP contribution in [-0.2, 0) is 33.8 Å². The first kappa shape index (κ1) is 31.4. The maximum Gasteiger partial charge on any atom is 0.0507 e. The fourth-order valence-electron chi connectivity index (χ4n) is 6.07. The summed E-state index contributed by atoms with van der Waals surface area (Å²) in [4.78, 5) is 0. The van der Waals surface area contributed by atoms with Crippen molar-refractivity contribution < 1.29 is 17.1 Å². The molecule has 2 aromatic carbocycles. The molecule has 6 heteroatoms. The van der Waals surface area contributed by atoms with Crippen LogP contribution in [0.4, 0.5) is 0 Å². The van der Waals surface area contributed by atoms with Gasteiger partial charge in [0.15, 0.2) is 0 Å². The summed E-state index contributed by atoms with van der Waals surface area (Å²) in [5.41, 5.74) is 5.07. The number of piperidine rings is 2. The molecule has 2 nitrogen and oxygen atoms in total. The smallest absolute Gasteiger partial charge is 0.0507 e. The van der Waals surface area contributed by atoms with E-state index in [1.165, 1.54) is 38.5 Å². The second-order valence-corrected chi connectivity index (χ2v) is 18.8. The average molecular weight is 573 g/mol. The Morgan fingerprint density at radius 2 is 1.37 bits per heavy atom. The van der Waals surface area contributed by atoms with Crippen LogP contribution in [0.15, 0.2) is 36.4 Å². The average Bonchev–Trinajstić information content (AvgIpc) is 3.51. The second kappa shape index (κ2) is 13.3. The van der Waals surface area contributed by atoms with Crippen molar-refractivity contribution in [1.82, 2.24) is 10.6 Å². The minimum atomic E-state index is -1.45. The molecule has 0 radical (unpaired) electrons. The summed E-state index contributed by atoms with van der Waals surface area (Å²) in [6.45, 7) is 17.2. The Balaban J connectivity index is 0.000000640. The van der Waals surface area contributed by atoms with Gasteiger partial charge in [-0.05, 0) is 38.8 Å². The van der Waals surface area contributed by atoms with Gasteiger partial charge in [-0.25, -0.2) is 6.07 Å². The molecule has 2 saturated heterocycles. The molecule has 2 aromatic rings. The Labute approximate surface area is 232 Å². The minimum Gasteiger partial charge on any atom is -0.748 e. The molecule has 204 valence electrons. The zero-order chi connectivity index (χ0) is 25.0. The van der Waals surface area contributed by atoms with Crippen molar-refractivity contribution in [3.8, 4) is 0 Å². The van der Waals surface area contributed by atoms with Gasteiger partial charge in [-0.3, -0.25) is 0 Å². The van der Waals surface area contributed by atoms with Gasteiger partial charge in [-0.1, -0.05) is 64.8 Å². The molecule has 0 aliphatic carbocycles. The fourth-order valence-corrected chi connectivity index (χ4v) is 9.15. The SMILES string of the molecule is CC(C)(C)[c-]1c([Si](C)(C)C)cc(CP)c1C(P)(C1CCCCN1)C1CCCCN1.[Fe].[cH-]1[cH-][cH-][cH-][cH-]1. The van der Waals surface area contributed by atoms with Gasteiger partial charge in [-0.2, -0.15) is 10.8 Å². The topological polar surface area (TPSA) is 24.1 Å². The van der Waals surface area contributed by atoms with E-state index >= 15 is 0 Å². The third-order valence-electron chi connectivity index (χ3n) is 7.70. The summed E-state index contributed by atoms with van der Waals surface area (Å²) < 4.78 is 0. The first-order valence-corrected chi connectivity index (χ1v) is 18.4. The summed E-state index contributed by atoms with van der Waals surface area (Å²) in [5, 5.41) is 9.71. The van der Waals surface area contributed by atoms with E-state index in [9.17, 15) is 0 Å². The number of hydrogen-bond acceptors (Lipinski definition) is 2. The molecular formula is C29H50FeN2P2Si-6. The standard InChI is InChI=1S/C24H45N2P2Si.C5H5.Fe/c1-23(2,3)22-18(29(4,5)6)15-17(16-27)21(22)24(28,19-11-7-9-13-25-19)20-12-8-10-14-26-20;1-2-4-5-3-1;/h15,19-20,25-26H,7-14,16,27-28H2,1-6H3;1-5H;/q-1;-5;. The summed E-state index contributed by atoms with van der Waals surface area (Å²) in [6, 6.07) is 13.7. The number of nitrogens with one attached hydrogen (secondary N) is 2. The maximum absolute atomic E-state index is 3.98. The summed E-state index contributed by atoms with van der Waals surface area (Å²) in [5.74, 6) is 0. The first-order chi connectivity index (χ1) is 16.0. The fraction of sp³-hybridized carbons (Fsp3) is 0.655. The van der Waals surface area contributed by atoms with Gasteiger partial charge in [0.1, 0.15) is 0 Å². The van der Waals surface area contributed by atoms with Gasteiger partial charge in [0.25, 0.3) is 0 Å². The summed E-state index contributed by atoms with van der Waals surface area (Å²) in [6.07, 6.45) is 8.97. The Morgan fingerprint density at radius 1 is 0.914 bits per heavy atom. The van der Waals surface area contributed by atoms with E-state index in [1.54, 1.807) is 21.9 Å². The van der Waals surface area contributed by atoms with Gasteiger partial charge >= 0.3 is 0 Å². The van der Waals surface area contributed by atoms with E-state index in [0.29, 0.717) is 12.1 Å². The van der Waals surface area contributed by atoms with Gasteiger partial charge in [0.2, 0.25) is 0 Å². The third kappa shape index (κ3) is 7.41. The van der Waals surface area contributed by atoms with Crippen molar-refractivity contribution in [3.63, 3.8) is 0 Å². The first-order valence-electron chi connectivity index (χ1n) is 13.5.